The van der Waals surface area contributed by atoms with Crippen LogP contribution < -0.4 is 5.32 Å². The van der Waals surface area contributed by atoms with Gasteiger partial charge in [-0.1, -0.05) is 25.1 Å². The Balaban J connectivity index is 2.05. The molecule has 0 aliphatic rings. The number of fused-ring (bicyclic) bond motifs is 1. The second-order valence-electron chi connectivity index (χ2n) is 5.63. The van der Waals surface area contributed by atoms with Crippen LogP contribution >= 0.6 is 0 Å². The van der Waals surface area contributed by atoms with Crippen LogP contribution in [0.25, 0.3) is 22.0 Å². The lowest BCUT2D eigenvalue weighted by atomic mass is 10.0. The molecule has 1 aromatic carbocycles. The minimum atomic E-state index is -0.294. The van der Waals surface area contributed by atoms with Crippen molar-refractivity contribution in [2.45, 2.75) is 20.3 Å². The van der Waals surface area contributed by atoms with Crippen molar-refractivity contribution in [3.8, 4) is 11.3 Å². The summed E-state index contributed by atoms with van der Waals surface area (Å²) in [5.41, 5.74) is 3.06. The highest BCUT2D eigenvalue weighted by Gasteiger charge is 2.12. The van der Waals surface area contributed by atoms with Crippen LogP contribution in [0.1, 0.15) is 19.4 Å². The predicted octanol–water partition coefficient (Wildman–Crippen LogP) is 3.83. The average Bonchev–Trinajstić information content (AvgIpc) is 2.66. The number of hydrogen-bond donors (Lipinski definition) is 1. The number of carbonyl (C=O) groups is 1. The molecule has 0 fully saturated rings. The van der Waals surface area contributed by atoms with Gasteiger partial charge < -0.3 is 10.1 Å². The van der Waals surface area contributed by atoms with Gasteiger partial charge in [0.05, 0.1) is 12.3 Å². The summed E-state index contributed by atoms with van der Waals surface area (Å²) in [5.74, 6) is 0.385. The molecule has 0 unspecified atom stereocenters. The van der Waals surface area contributed by atoms with Crippen molar-refractivity contribution in [2.24, 2.45) is 0 Å². The molecule has 0 saturated heterocycles. The number of carbonyl (C=O) groups excluding carboxylic acids is 1. The van der Waals surface area contributed by atoms with Crippen LogP contribution in [-0.2, 0) is 16.0 Å². The largest absolute Gasteiger partial charge is 0.465 e. The smallest absolute Gasteiger partial charge is 0.325 e. The summed E-state index contributed by atoms with van der Waals surface area (Å²) in [6.07, 6.45) is 4.50. The number of rotatable bonds is 6. The SMILES string of the molecule is CCOC(=O)CNc1ncc(-c2ccccn2)c2ccc(CC)cc12. The van der Waals surface area contributed by atoms with Crippen molar-refractivity contribution < 1.29 is 9.53 Å². The molecule has 128 valence electrons. The van der Waals surface area contributed by atoms with E-state index in [-0.39, 0.29) is 12.5 Å². The Morgan fingerprint density at radius 2 is 2.00 bits per heavy atom. The molecule has 5 nitrogen and oxygen atoms in total. The number of pyridine rings is 2. The van der Waals surface area contributed by atoms with Crippen LogP contribution in [0.15, 0.2) is 48.8 Å². The first-order chi connectivity index (χ1) is 12.2. The number of aromatic nitrogens is 2. The molecule has 2 heterocycles. The predicted molar refractivity (Wildman–Crippen MR) is 99.5 cm³/mol. The highest BCUT2D eigenvalue weighted by atomic mass is 16.5. The maximum atomic E-state index is 11.6. The monoisotopic (exact) mass is 335 g/mol. The zero-order valence-electron chi connectivity index (χ0n) is 14.5. The summed E-state index contributed by atoms with van der Waals surface area (Å²) in [7, 11) is 0. The highest BCUT2D eigenvalue weighted by Crippen LogP contribution is 2.31. The number of nitrogens with one attached hydrogen (secondary N) is 1. The fraction of sp³-hybridized carbons (Fsp3) is 0.250. The molecule has 0 aliphatic carbocycles. The fourth-order valence-corrected chi connectivity index (χ4v) is 2.75. The molecule has 0 aliphatic heterocycles. The van der Waals surface area contributed by atoms with E-state index in [0.717, 1.165) is 28.5 Å². The van der Waals surface area contributed by atoms with Gasteiger partial charge in [0.15, 0.2) is 0 Å². The Morgan fingerprint density at radius 3 is 2.72 bits per heavy atom. The molecule has 3 rings (SSSR count). The first-order valence-corrected chi connectivity index (χ1v) is 8.45. The molecule has 0 bridgehead atoms. The van der Waals surface area contributed by atoms with Gasteiger partial charge in [-0.05, 0) is 42.5 Å². The van der Waals surface area contributed by atoms with E-state index in [1.165, 1.54) is 5.56 Å². The number of aryl methyl sites for hydroxylation is 1. The Bertz CT molecular complexity index is 879. The van der Waals surface area contributed by atoms with Crippen molar-refractivity contribution in [3.05, 3.63) is 54.4 Å². The van der Waals surface area contributed by atoms with E-state index >= 15 is 0 Å². The molecule has 2 aromatic heterocycles. The summed E-state index contributed by atoms with van der Waals surface area (Å²) in [6, 6.07) is 12.1. The standard InChI is InChI=1S/C20H21N3O2/c1-3-14-8-9-15-16(11-14)20(23-13-19(24)25-4-2)22-12-17(15)18-7-5-6-10-21-18/h5-12H,3-4,13H2,1-2H3,(H,22,23). The summed E-state index contributed by atoms with van der Waals surface area (Å²) >= 11 is 0. The summed E-state index contributed by atoms with van der Waals surface area (Å²) in [6.45, 7) is 4.37. The number of benzene rings is 1. The summed E-state index contributed by atoms with van der Waals surface area (Å²) in [5, 5.41) is 5.13. The lowest BCUT2D eigenvalue weighted by Gasteiger charge is -2.13. The lowest BCUT2D eigenvalue weighted by Crippen LogP contribution is -2.17. The number of anilines is 1. The third-order valence-electron chi connectivity index (χ3n) is 4.01. The van der Waals surface area contributed by atoms with E-state index in [1.54, 1.807) is 19.3 Å². The van der Waals surface area contributed by atoms with Gasteiger partial charge in [-0.25, -0.2) is 4.98 Å². The van der Waals surface area contributed by atoms with E-state index in [9.17, 15) is 4.79 Å². The average molecular weight is 335 g/mol. The fourth-order valence-electron chi connectivity index (χ4n) is 2.75. The molecule has 1 N–H and O–H groups in total. The zero-order valence-corrected chi connectivity index (χ0v) is 14.5. The first-order valence-electron chi connectivity index (χ1n) is 8.45. The van der Waals surface area contributed by atoms with Gasteiger partial charge in [-0.3, -0.25) is 9.78 Å². The van der Waals surface area contributed by atoms with Crippen molar-refractivity contribution in [1.82, 2.24) is 9.97 Å². The Hall–Kier alpha value is -2.95. The van der Waals surface area contributed by atoms with Gasteiger partial charge in [0.1, 0.15) is 12.4 Å². The quantitative estimate of drug-likeness (QED) is 0.694. The van der Waals surface area contributed by atoms with E-state index in [2.05, 4.69) is 40.4 Å². The number of hydrogen-bond acceptors (Lipinski definition) is 5. The molecule has 0 amide bonds. The van der Waals surface area contributed by atoms with E-state index in [1.807, 2.05) is 18.2 Å². The van der Waals surface area contributed by atoms with Gasteiger partial charge >= 0.3 is 5.97 Å². The highest BCUT2D eigenvalue weighted by molar-refractivity contribution is 6.01. The summed E-state index contributed by atoms with van der Waals surface area (Å²) in [4.78, 5) is 20.6. The minimum absolute atomic E-state index is 0.0925. The van der Waals surface area contributed by atoms with Gasteiger partial charge in [0.25, 0.3) is 0 Å². The number of nitrogens with zero attached hydrogens (tertiary/aromatic N) is 2. The molecular formula is C20H21N3O2. The molecule has 25 heavy (non-hydrogen) atoms. The second-order valence-corrected chi connectivity index (χ2v) is 5.63. The Labute approximate surface area is 147 Å². The lowest BCUT2D eigenvalue weighted by molar-refractivity contribution is -0.140. The Kier molecular flexibility index (Phi) is 5.23. The van der Waals surface area contributed by atoms with E-state index in [0.29, 0.717) is 12.4 Å². The number of esters is 1. The van der Waals surface area contributed by atoms with Crippen molar-refractivity contribution >= 4 is 22.6 Å². The molecule has 5 heteroatoms. The van der Waals surface area contributed by atoms with Crippen molar-refractivity contribution in [1.29, 1.82) is 0 Å². The second kappa shape index (κ2) is 7.75. The molecule has 3 aromatic rings. The Morgan fingerprint density at radius 1 is 1.12 bits per heavy atom. The molecule has 0 saturated carbocycles. The number of ether oxygens (including phenoxy) is 1. The third-order valence-corrected chi connectivity index (χ3v) is 4.01. The van der Waals surface area contributed by atoms with Crippen LogP contribution in [0.2, 0.25) is 0 Å². The van der Waals surface area contributed by atoms with Crippen LogP contribution in [0, 0.1) is 0 Å². The maximum absolute atomic E-state index is 11.6. The molecule has 0 atom stereocenters. The maximum Gasteiger partial charge on any atom is 0.325 e. The molecule has 0 radical (unpaired) electrons. The van der Waals surface area contributed by atoms with Crippen molar-refractivity contribution in [2.75, 3.05) is 18.5 Å². The third kappa shape index (κ3) is 3.76. The zero-order chi connectivity index (χ0) is 17.6. The van der Waals surface area contributed by atoms with Gasteiger partial charge in [0, 0.05) is 23.3 Å². The van der Waals surface area contributed by atoms with Crippen LogP contribution in [-0.4, -0.2) is 29.1 Å². The van der Waals surface area contributed by atoms with Crippen molar-refractivity contribution in [3.63, 3.8) is 0 Å². The van der Waals surface area contributed by atoms with Crippen LogP contribution in [0.5, 0.6) is 0 Å². The van der Waals surface area contributed by atoms with Crippen LogP contribution in [0.3, 0.4) is 0 Å². The van der Waals surface area contributed by atoms with Gasteiger partial charge in [-0.15, -0.1) is 0 Å². The molecular weight excluding hydrogens is 314 g/mol. The van der Waals surface area contributed by atoms with E-state index < -0.39 is 0 Å². The topological polar surface area (TPSA) is 64.1 Å². The minimum Gasteiger partial charge on any atom is -0.465 e. The van der Waals surface area contributed by atoms with E-state index in [4.69, 9.17) is 4.74 Å². The summed E-state index contributed by atoms with van der Waals surface area (Å²) < 4.78 is 4.97. The van der Waals surface area contributed by atoms with Crippen LogP contribution in [0.4, 0.5) is 5.82 Å². The van der Waals surface area contributed by atoms with Gasteiger partial charge in [-0.2, -0.15) is 0 Å². The van der Waals surface area contributed by atoms with Gasteiger partial charge in [0.2, 0.25) is 0 Å². The molecule has 0 spiro atoms. The first kappa shape index (κ1) is 16.9. The normalized spacial score (nSPS) is 10.6.